The van der Waals surface area contributed by atoms with Gasteiger partial charge in [0.15, 0.2) is 0 Å². The van der Waals surface area contributed by atoms with E-state index in [-0.39, 0.29) is 36.1 Å². The summed E-state index contributed by atoms with van der Waals surface area (Å²) in [7, 11) is 0. The molecule has 0 saturated carbocycles. The van der Waals surface area contributed by atoms with E-state index >= 15 is 0 Å². The predicted molar refractivity (Wildman–Crippen MR) is 136 cm³/mol. The van der Waals surface area contributed by atoms with Crippen molar-refractivity contribution in [2.75, 3.05) is 32.8 Å². The van der Waals surface area contributed by atoms with Gasteiger partial charge < -0.3 is 19.3 Å². The monoisotopic (exact) mass is 508 g/mol. The second-order valence-electron chi connectivity index (χ2n) is 9.11. The third kappa shape index (κ3) is 5.60. The van der Waals surface area contributed by atoms with Gasteiger partial charge in [0.25, 0.3) is 5.91 Å². The van der Waals surface area contributed by atoms with Gasteiger partial charge in [-0.05, 0) is 66.6 Å². The molecule has 2 amide bonds. The zero-order valence-electron chi connectivity index (χ0n) is 20.0. The minimum absolute atomic E-state index is 0.101. The molecule has 6 nitrogen and oxygen atoms in total. The van der Waals surface area contributed by atoms with Gasteiger partial charge in [0.05, 0.1) is 12.1 Å². The number of halogens is 1. The van der Waals surface area contributed by atoms with E-state index in [4.69, 9.17) is 9.47 Å². The van der Waals surface area contributed by atoms with Crippen molar-refractivity contribution >= 4 is 23.2 Å². The number of para-hydroxylation sites is 1. The van der Waals surface area contributed by atoms with Crippen LogP contribution >= 0.6 is 11.3 Å². The number of amides is 2. The minimum Gasteiger partial charge on any atom is -0.491 e. The summed E-state index contributed by atoms with van der Waals surface area (Å²) < 4.78 is 25.7. The molecular formula is C28H29FN2O4S. The number of benzene rings is 2. The summed E-state index contributed by atoms with van der Waals surface area (Å²) in [6, 6.07) is 16.9. The number of rotatable bonds is 8. The molecule has 188 valence electrons. The van der Waals surface area contributed by atoms with Gasteiger partial charge in [-0.3, -0.25) is 9.59 Å². The molecule has 2 atom stereocenters. The van der Waals surface area contributed by atoms with E-state index in [0.29, 0.717) is 26.3 Å². The number of ether oxygens (including phenoxy) is 2. The molecule has 1 saturated heterocycles. The van der Waals surface area contributed by atoms with Crippen LogP contribution < -0.4 is 4.74 Å². The number of hydrogen-bond donors (Lipinski definition) is 0. The molecule has 3 heterocycles. The molecular weight excluding hydrogens is 479 g/mol. The Morgan fingerprint density at radius 3 is 2.78 bits per heavy atom. The van der Waals surface area contributed by atoms with E-state index in [1.165, 1.54) is 28.0 Å². The van der Waals surface area contributed by atoms with Crippen LogP contribution in [0.2, 0.25) is 0 Å². The Balaban J connectivity index is 1.35. The van der Waals surface area contributed by atoms with E-state index in [1.54, 1.807) is 17.4 Å². The van der Waals surface area contributed by atoms with Crippen LogP contribution in [-0.2, 0) is 16.0 Å². The fourth-order valence-corrected chi connectivity index (χ4v) is 5.81. The lowest BCUT2D eigenvalue weighted by atomic mass is 10.00. The first-order valence-corrected chi connectivity index (χ1v) is 13.2. The van der Waals surface area contributed by atoms with Crippen molar-refractivity contribution in [2.45, 2.75) is 31.4 Å². The van der Waals surface area contributed by atoms with Gasteiger partial charge in [-0.15, -0.1) is 11.3 Å². The molecule has 5 rings (SSSR count). The Bertz CT molecular complexity index is 1200. The zero-order valence-corrected chi connectivity index (χ0v) is 20.8. The summed E-state index contributed by atoms with van der Waals surface area (Å²) >= 11 is 1.69. The summed E-state index contributed by atoms with van der Waals surface area (Å²) in [6.45, 7) is 1.72. The molecule has 1 aromatic heterocycles. The molecule has 0 bridgehead atoms. The van der Waals surface area contributed by atoms with Gasteiger partial charge in [0.1, 0.15) is 24.7 Å². The van der Waals surface area contributed by atoms with Crippen molar-refractivity contribution in [3.8, 4) is 5.75 Å². The summed E-state index contributed by atoms with van der Waals surface area (Å²) in [5, 5.41) is 2.05. The average molecular weight is 509 g/mol. The summed E-state index contributed by atoms with van der Waals surface area (Å²) in [5.41, 5.74) is 1.32. The predicted octanol–water partition coefficient (Wildman–Crippen LogP) is 4.71. The molecule has 2 aromatic carbocycles. The highest BCUT2D eigenvalue weighted by molar-refractivity contribution is 7.10. The first-order chi connectivity index (χ1) is 17.6. The molecule has 0 N–H and O–H groups in total. The maximum Gasteiger partial charge on any atom is 0.254 e. The Morgan fingerprint density at radius 2 is 2.00 bits per heavy atom. The second-order valence-corrected chi connectivity index (χ2v) is 10.1. The Morgan fingerprint density at radius 1 is 1.14 bits per heavy atom. The molecule has 36 heavy (non-hydrogen) atoms. The zero-order chi connectivity index (χ0) is 24.9. The fourth-order valence-electron chi connectivity index (χ4n) is 4.88. The molecule has 0 unspecified atom stereocenters. The highest BCUT2D eigenvalue weighted by Gasteiger charge is 2.34. The SMILES string of the molecule is O=C(c1cccc(F)c1)N(CC(=O)N1CCc2sccc2[C@H]1COc1ccccc1)C[C@@H]1CCCO1. The topological polar surface area (TPSA) is 59.1 Å². The summed E-state index contributed by atoms with van der Waals surface area (Å²) in [4.78, 5) is 31.6. The Labute approximate surface area is 214 Å². The number of hydrogen-bond acceptors (Lipinski definition) is 5. The first kappa shape index (κ1) is 24.5. The smallest absolute Gasteiger partial charge is 0.254 e. The normalized spacial score (nSPS) is 19.1. The molecule has 8 heteroatoms. The molecule has 3 aromatic rings. The molecule has 1 fully saturated rings. The molecule has 0 radical (unpaired) electrons. The lowest BCUT2D eigenvalue weighted by Gasteiger charge is -2.37. The number of carbonyl (C=O) groups excluding carboxylic acids is 2. The van der Waals surface area contributed by atoms with Crippen LogP contribution in [0.1, 0.15) is 39.7 Å². The maximum absolute atomic E-state index is 13.9. The lowest BCUT2D eigenvalue weighted by molar-refractivity contribution is -0.135. The molecule has 0 aliphatic carbocycles. The number of nitrogens with zero attached hydrogens (tertiary/aromatic N) is 2. The van der Waals surface area contributed by atoms with Gasteiger partial charge in [-0.2, -0.15) is 0 Å². The van der Waals surface area contributed by atoms with Crippen LogP contribution in [0, 0.1) is 5.82 Å². The van der Waals surface area contributed by atoms with Gasteiger partial charge in [-0.25, -0.2) is 4.39 Å². The quantitative estimate of drug-likeness (QED) is 0.442. The Kier molecular flexibility index (Phi) is 7.63. The Hall–Kier alpha value is -3.23. The van der Waals surface area contributed by atoms with Crippen molar-refractivity contribution in [3.63, 3.8) is 0 Å². The number of thiophene rings is 1. The van der Waals surface area contributed by atoms with Crippen LogP contribution in [0.4, 0.5) is 4.39 Å². The van der Waals surface area contributed by atoms with Crippen LogP contribution in [0.5, 0.6) is 5.75 Å². The van der Waals surface area contributed by atoms with Gasteiger partial charge >= 0.3 is 0 Å². The molecule has 0 spiro atoms. The highest BCUT2D eigenvalue weighted by Crippen LogP contribution is 2.34. The van der Waals surface area contributed by atoms with Crippen molar-refractivity contribution in [1.29, 1.82) is 0 Å². The average Bonchev–Trinajstić information content (AvgIpc) is 3.59. The summed E-state index contributed by atoms with van der Waals surface area (Å²) in [5.74, 6) is -0.267. The van der Waals surface area contributed by atoms with Gasteiger partial charge in [0.2, 0.25) is 5.91 Å². The van der Waals surface area contributed by atoms with Crippen molar-refractivity contribution in [3.05, 3.63) is 87.9 Å². The first-order valence-electron chi connectivity index (χ1n) is 12.3. The lowest BCUT2D eigenvalue weighted by Crippen LogP contribution is -2.49. The third-order valence-electron chi connectivity index (χ3n) is 6.70. The number of carbonyl (C=O) groups is 2. The van der Waals surface area contributed by atoms with E-state index < -0.39 is 5.82 Å². The largest absolute Gasteiger partial charge is 0.491 e. The minimum atomic E-state index is -0.483. The van der Waals surface area contributed by atoms with E-state index in [1.807, 2.05) is 40.6 Å². The third-order valence-corrected chi connectivity index (χ3v) is 7.70. The van der Waals surface area contributed by atoms with Crippen LogP contribution in [0.25, 0.3) is 0 Å². The van der Waals surface area contributed by atoms with Gasteiger partial charge in [-0.1, -0.05) is 24.3 Å². The van der Waals surface area contributed by atoms with Crippen molar-refractivity contribution < 1.29 is 23.5 Å². The second kappa shape index (κ2) is 11.2. The van der Waals surface area contributed by atoms with E-state index in [2.05, 4.69) is 6.07 Å². The van der Waals surface area contributed by atoms with Crippen molar-refractivity contribution in [1.82, 2.24) is 9.80 Å². The standard InChI is InChI=1S/C28H29FN2O4S/c29-21-7-4-6-20(16-21)28(33)30(17-23-10-5-14-34-23)18-27(32)31-13-11-26-24(12-15-36-26)25(31)19-35-22-8-2-1-3-9-22/h1-4,6-9,12,15-16,23,25H,5,10-11,13-14,17-19H2/t23-,25+/m0/s1. The van der Waals surface area contributed by atoms with Gasteiger partial charge in [0, 0.05) is 30.1 Å². The van der Waals surface area contributed by atoms with Crippen LogP contribution in [-0.4, -0.2) is 60.6 Å². The fraction of sp³-hybridized carbons (Fsp3) is 0.357. The highest BCUT2D eigenvalue weighted by atomic mass is 32.1. The maximum atomic E-state index is 13.9. The van der Waals surface area contributed by atoms with E-state index in [9.17, 15) is 14.0 Å². The molecule has 2 aliphatic heterocycles. The number of fused-ring (bicyclic) bond motifs is 1. The van der Waals surface area contributed by atoms with E-state index in [0.717, 1.165) is 30.6 Å². The van der Waals surface area contributed by atoms with Crippen LogP contribution in [0.15, 0.2) is 66.0 Å². The van der Waals surface area contributed by atoms with Crippen LogP contribution in [0.3, 0.4) is 0 Å². The molecule has 2 aliphatic rings. The summed E-state index contributed by atoms with van der Waals surface area (Å²) in [6.07, 6.45) is 2.39. The van der Waals surface area contributed by atoms with Crippen molar-refractivity contribution in [2.24, 2.45) is 0 Å².